The second kappa shape index (κ2) is 4.46. The highest BCUT2D eigenvalue weighted by molar-refractivity contribution is 5.83. The Bertz CT molecular complexity index is 397. The lowest BCUT2D eigenvalue weighted by atomic mass is 9.77. The average molecular weight is 277 g/mol. The minimum Gasteiger partial charge on any atom is -0.394 e. The van der Waals surface area contributed by atoms with Crippen molar-refractivity contribution in [2.75, 3.05) is 6.61 Å². The number of aliphatic hydroxyl groups excluding tert-OH is 1. The monoisotopic (exact) mass is 277 g/mol. The quantitative estimate of drug-likeness (QED) is 0.832. The first-order valence-corrected chi connectivity index (χ1v) is 8.56. The summed E-state index contributed by atoms with van der Waals surface area (Å²) in [5, 5.41) is 13.1. The van der Waals surface area contributed by atoms with Crippen molar-refractivity contribution < 1.29 is 9.90 Å². The number of amides is 1. The Labute approximate surface area is 121 Å². The number of nitrogens with one attached hydrogen (secondary N) is 1. The van der Waals surface area contributed by atoms with E-state index in [1.165, 1.54) is 19.3 Å². The summed E-state index contributed by atoms with van der Waals surface area (Å²) in [6, 6.07) is 0. The summed E-state index contributed by atoms with van der Waals surface area (Å²) < 4.78 is 0. The highest BCUT2D eigenvalue weighted by Crippen LogP contribution is 2.69. The van der Waals surface area contributed by atoms with E-state index >= 15 is 0 Å². The lowest BCUT2D eigenvalue weighted by molar-refractivity contribution is -0.126. The molecule has 0 radical (unpaired) electrons. The summed E-state index contributed by atoms with van der Waals surface area (Å²) in [7, 11) is 0. The van der Waals surface area contributed by atoms with Crippen molar-refractivity contribution in [2.45, 2.75) is 57.4 Å². The van der Waals surface area contributed by atoms with Gasteiger partial charge in [0, 0.05) is 5.92 Å². The summed E-state index contributed by atoms with van der Waals surface area (Å²) in [5.74, 6) is 4.39. The van der Waals surface area contributed by atoms with Crippen LogP contribution in [0.2, 0.25) is 0 Å². The van der Waals surface area contributed by atoms with Gasteiger partial charge in [-0.25, -0.2) is 0 Å². The highest BCUT2D eigenvalue weighted by atomic mass is 16.3. The van der Waals surface area contributed by atoms with Crippen molar-refractivity contribution in [2.24, 2.45) is 35.5 Å². The molecule has 4 rings (SSSR count). The number of fused-ring (bicyclic) bond motifs is 5. The SMILES string of the molecule is CC1CCC(CO)(NC(=O)C2C3C4CCC(C4)C23)CC1. The third kappa shape index (κ3) is 1.85. The highest BCUT2D eigenvalue weighted by Gasteiger charge is 2.67. The summed E-state index contributed by atoms with van der Waals surface area (Å²) in [5.41, 5.74) is -0.306. The molecule has 4 atom stereocenters. The van der Waals surface area contributed by atoms with Gasteiger partial charge in [-0.3, -0.25) is 4.79 Å². The molecule has 0 spiro atoms. The van der Waals surface area contributed by atoms with Gasteiger partial charge < -0.3 is 10.4 Å². The summed E-state index contributed by atoms with van der Waals surface area (Å²) in [6.45, 7) is 2.38. The number of carbonyl (C=O) groups excluding carboxylic acids is 1. The summed E-state index contributed by atoms with van der Waals surface area (Å²) in [4.78, 5) is 12.6. The zero-order valence-electron chi connectivity index (χ0n) is 12.5. The third-order valence-electron chi connectivity index (χ3n) is 6.96. The number of carbonyl (C=O) groups is 1. The van der Waals surface area contributed by atoms with E-state index in [-0.39, 0.29) is 18.1 Å². The van der Waals surface area contributed by atoms with Crippen LogP contribution in [0.15, 0.2) is 0 Å². The van der Waals surface area contributed by atoms with Crippen LogP contribution in [0, 0.1) is 35.5 Å². The lowest BCUT2D eigenvalue weighted by Crippen LogP contribution is -2.54. The first kappa shape index (κ1) is 13.1. The largest absolute Gasteiger partial charge is 0.394 e. The normalized spacial score (nSPS) is 52.7. The molecule has 4 aliphatic carbocycles. The maximum atomic E-state index is 12.6. The summed E-state index contributed by atoms with van der Waals surface area (Å²) in [6.07, 6.45) is 8.27. The van der Waals surface area contributed by atoms with Crippen LogP contribution in [0.3, 0.4) is 0 Å². The lowest BCUT2D eigenvalue weighted by Gasteiger charge is -2.39. The fraction of sp³-hybridized carbons (Fsp3) is 0.941. The molecule has 3 nitrogen and oxygen atoms in total. The molecule has 0 aromatic carbocycles. The molecule has 0 aromatic rings. The van der Waals surface area contributed by atoms with Crippen LogP contribution >= 0.6 is 0 Å². The van der Waals surface area contributed by atoms with Crippen LogP contribution in [-0.2, 0) is 4.79 Å². The molecule has 4 fully saturated rings. The third-order valence-corrected chi connectivity index (χ3v) is 6.96. The Morgan fingerprint density at radius 1 is 1.15 bits per heavy atom. The Kier molecular flexibility index (Phi) is 2.93. The summed E-state index contributed by atoms with van der Waals surface area (Å²) >= 11 is 0. The first-order valence-electron chi connectivity index (χ1n) is 8.56. The van der Waals surface area contributed by atoms with Gasteiger partial charge in [-0.2, -0.15) is 0 Å². The minimum atomic E-state index is -0.306. The molecule has 2 bridgehead atoms. The van der Waals surface area contributed by atoms with Crippen molar-refractivity contribution in [1.82, 2.24) is 5.32 Å². The van der Waals surface area contributed by atoms with E-state index in [2.05, 4.69) is 12.2 Å². The first-order chi connectivity index (χ1) is 9.63. The van der Waals surface area contributed by atoms with Crippen LogP contribution in [0.25, 0.3) is 0 Å². The van der Waals surface area contributed by atoms with Crippen molar-refractivity contribution in [1.29, 1.82) is 0 Å². The Balaban J connectivity index is 1.40. The zero-order valence-corrected chi connectivity index (χ0v) is 12.5. The van der Waals surface area contributed by atoms with Crippen LogP contribution in [0.1, 0.15) is 51.9 Å². The standard InChI is InChI=1S/C17H27NO2/c1-10-4-6-17(9-19,7-5-10)18-16(20)15-13-11-2-3-12(8-11)14(13)15/h10-15,19H,2-9H2,1H3,(H,18,20). The van der Waals surface area contributed by atoms with E-state index in [9.17, 15) is 9.90 Å². The zero-order chi connectivity index (χ0) is 13.9. The van der Waals surface area contributed by atoms with Gasteiger partial charge in [0.15, 0.2) is 0 Å². The van der Waals surface area contributed by atoms with E-state index < -0.39 is 0 Å². The predicted molar refractivity (Wildman–Crippen MR) is 76.9 cm³/mol. The molecule has 4 saturated carbocycles. The number of hydrogen-bond donors (Lipinski definition) is 2. The van der Waals surface area contributed by atoms with Gasteiger partial charge in [-0.05, 0) is 74.5 Å². The average Bonchev–Trinajstić information content (AvgIpc) is 2.91. The van der Waals surface area contributed by atoms with Crippen molar-refractivity contribution >= 4 is 5.91 Å². The molecular formula is C17H27NO2. The second-order valence-electron chi connectivity index (χ2n) is 8.12. The smallest absolute Gasteiger partial charge is 0.224 e. The molecule has 0 aromatic heterocycles. The van der Waals surface area contributed by atoms with Gasteiger partial charge in [0.05, 0.1) is 12.1 Å². The predicted octanol–water partition coefficient (Wildman–Crippen LogP) is 2.34. The maximum absolute atomic E-state index is 12.6. The Morgan fingerprint density at radius 3 is 2.30 bits per heavy atom. The van der Waals surface area contributed by atoms with Crippen LogP contribution in [0.5, 0.6) is 0 Å². The molecule has 20 heavy (non-hydrogen) atoms. The van der Waals surface area contributed by atoms with Crippen molar-refractivity contribution in [3.63, 3.8) is 0 Å². The number of hydrogen-bond acceptors (Lipinski definition) is 2. The molecule has 0 aliphatic heterocycles. The molecule has 2 N–H and O–H groups in total. The van der Waals surface area contributed by atoms with Crippen LogP contribution in [-0.4, -0.2) is 23.2 Å². The number of rotatable bonds is 3. The molecule has 4 aliphatic rings. The second-order valence-corrected chi connectivity index (χ2v) is 8.12. The van der Waals surface area contributed by atoms with Gasteiger partial charge >= 0.3 is 0 Å². The van der Waals surface area contributed by atoms with Gasteiger partial charge in [0.2, 0.25) is 5.91 Å². The molecule has 1 amide bonds. The Hall–Kier alpha value is -0.570. The fourth-order valence-electron chi connectivity index (χ4n) is 5.66. The van der Waals surface area contributed by atoms with E-state index in [0.717, 1.165) is 43.4 Å². The Morgan fingerprint density at radius 2 is 1.75 bits per heavy atom. The van der Waals surface area contributed by atoms with E-state index in [1.54, 1.807) is 0 Å². The molecule has 0 heterocycles. The van der Waals surface area contributed by atoms with Gasteiger partial charge in [0.25, 0.3) is 0 Å². The molecule has 3 heteroatoms. The minimum absolute atomic E-state index is 0.111. The van der Waals surface area contributed by atoms with Gasteiger partial charge in [-0.1, -0.05) is 6.92 Å². The van der Waals surface area contributed by atoms with Crippen LogP contribution in [0.4, 0.5) is 0 Å². The molecule has 0 saturated heterocycles. The molecular weight excluding hydrogens is 250 g/mol. The van der Waals surface area contributed by atoms with E-state index in [0.29, 0.717) is 17.8 Å². The number of aliphatic hydroxyl groups is 1. The molecule has 112 valence electrons. The van der Waals surface area contributed by atoms with E-state index in [4.69, 9.17) is 0 Å². The molecule has 4 unspecified atom stereocenters. The van der Waals surface area contributed by atoms with Gasteiger partial charge in [-0.15, -0.1) is 0 Å². The van der Waals surface area contributed by atoms with Crippen molar-refractivity contribution in [3.8, 4) is 0 Å². The topological polar surface area (TPSA) is 49.3 Å². The van der Waals surface area contributed by atoms with Crippen LogP contribution < -0.4 is 5.32 Å². The maximum Gasteiger partial charge on any atom is 0.224 e. The van der Waals surface area contributed by atoms with E-state index in [1.807, 2.05) is 0 Å². The van der Waals surface area contributed by atoms with Gasteiger partial charge in [0.1, 0.15) is 0 Å². The van der Waals surface area contributed by atoms with Crippen molar-refractivity contribution in [3.05, 3.63) is 0 Å². The fourth-order valence-corrected chi connectivity index (χ4v) is 5.66.